The maximum absolute atomic E-state index is 13.2. The Kier molecular flexibility index (Phi) is 3.57. The van der Waals surface area contributed by atoms with Gasteiger partial charge in [0.05, 0.1) is 0 Å². The highest BCUT2D eigenvalue weighted by Gasteiger charge is 2.22. The van der Waals surface area contributed by atoms with Crippen LogP contribution in [0.2, 0.25) is 0 Å². The second kappa shape index (κ2) is 5.13. The van der Waals surface area contributed by atoms with Crippen LogP contribution in [0, 0.1) is 0 Å². The van der Waals surface area contributed by atoms with Crippen LogP contribution in [0.15, 0.2) is 41.7 Å². The molecule has 0 heterocycles. The van der Waals surface area contributed by atoms with Crippen molar-refractivity contribution < 1.29 is 14.3 Å². The number of halogens is 1. The SMILES string of the molecule is O=C(O)C(F)=C1CCC(c2ccccc2)CC1. The molecule has 1 saturated carbocycles. The van der Waals surface area contributed by atoms with Crippen molar-refractivity contribution in [1.82, 2.24) is 0 Å². The van der Waals surface area contributed by atoms with Crippen molar-refractivity contribution in [3.05, 3.63) is 47.3 Å². The first-order valence-electron chi connectivity index (χ1n) is 5.84. The first-order chi connectivity index (χ1) is 8.18. The Bertz CT molecular complexity index is 427. The fourth-order valence-corrected chi connectivity index (χ4v) is 2.40. The normalized spacial score (nSPS) is 20.1. The summed E-state index contributed by atoms with van der Waals surface area (Å²) in [6, 6.07) is 10.1. The molecule has 17 heavy (non-hydrogen) atoms. The highest BCUT2D eigenvalue weighted by atomic mass is 19.1. The Morgan fingerprint density at radius 1 is 1.18 bits per heavy atom. The standard InChI is InChI=1S/C14H15FO2/c15-13(14(16)17)12-8-6-11(7-9-12)10-4-2-1-3-5-10/h1-5,11H,6-9H2,(H,16,17). The smallest absolute Gasteiger partial charge is 0.364 e. The molecular formula is C14H15FO2. The summed E-state index contributed by atoms with van der Waals surface area (Å²) in [5, 5.41) is 8.58. The van der Waals surface area contributed by atoms with E-state index in [0.717, 1.165) is 12.8 Å². The number of rotatable bonds is 2. The molecule has 0 unspecified atom stereocenters. The lowest BCUT2D eigenvalue weighted by atomic mass is 9.81. The molecule has 1 aliphatic rings. The molecule has 0 saturated heterocycles. The molecule has 1 aromatic carbocycles. The van der Waals surface area contributed by atoms with Crippen LogP contribution in [0.25, 0.3) is 0 Å². The second-order valence-electron chi connectivity index (χ2n) is 4.41. The van der Waals surface area contributed by atoms with Gasteiger partial charge in [0.25, 0.3) is 0 Å². The number of aliphatic carboxylic acids is 1. The molecule has 0 aromatic heterocycles. The van der Waals surface area contributed by atoms with Crippen molar-refractivity contribution in [2.24, 2.45) is 0 Å². The van der Waals surface area contributed by atoms with Crippen LogP contribution in [-0.2, 0) is 4.79 Å². The number of hydrogen-bond acceptors (Lipinski definition) is 1. The topological polar surface area (TPSA) is 37.3 Å². The van der Waals surface area contributed by atoms with Gasteiger partial charge in [-0.1, -0.05) is 30.3 Å². The Hall–Kier alpha value is -1.64. The number of carboxylic acid groups (broad SMARTS) is 1. The third-order valence-electron chi connectivity index (χ3n) is 3.36. The van der Waals surface area contributed by atoms with Gasteiger partial charge in [-0.2, -0.15) is 4.39 Å². The number of benzene rings is 1. The van der Waals surface area contributed by atoms with Gasteiger partial charge in [0.15, 0.2) is 0 Å². The molecule has 0 atom stereocenters. The largest absolute Gasteiger partial charge is 0.476 e. The van der Waals surface area contributed by atoms with E-state index < -0.39 is 11.8 Å². The predicted octanol–water partition coefficient (Wildman–Crippen LogP) is 3.65. The number of carbonyl (C=O) groups is 1. The van der Waals surface area contributed by atoms with Gasteiger partial charge >= 0.3 is 5.97 Å². The quantitative estimate of drug-likeness (QED) is 0.793. The lowest BCUT2D eigenvalue weighted by Crippen LogP contribution is -2.10. The van der Waals surface area contributed by atoms with Crippen molar-refractivity contribution in [2.45, 2.75) is 31.6 Å². The fraction of sp³-hybridized carbons (Fsp3) is 0.357. The van der Waals surface area contributed by atoms with Crippen LogP contribution in [-0.4, -0.2) is 11.1 Å². The zero-order valence-corrected chi connectivity index (χ0v) is 9.53. The third kappa shape index (κ3) is 2.73. The average molecular weight is 234 g/mol. The predicted molar refractivity (Wildman–Crippen MR) is 63.4 cm³/mol. The Morgan fingerprint density at radius 3 is 2.29 bits per heavy atom. The number of allylic oxidation sites excluding steroid dienone is 1. The van der Waals surface area contributed by atoms with E-state index in [1.165, 1.54) is 5.56 Å². The van der Waals surface area contributed by atoms with E-state index in [9.17, 15) is 9.18 Å². The van der Waals surface area contributed by atoms with Crippen molar-refractivity contribution in [1.29, 1.82) is 0 Å². The molecule has 0 radical (unpaired) electrons. The van der Waals surface area contributed by atoms with Gasteiger partial charge in [0.1, 0.15) is 0 Å². The van der Waals surface area contributed by atoms with Gasteiger partial charge in [0, 0.05) is 0 Å². The maximum Gasteiger partial charge on any atom is 0.364 e. The van der Waals surface area contributed by atoms with E-state index in [-0.39, 0.29) is 0 Å². The number of hydrogen-bond donors (Lipinski definition) is 1. The van der Waals surface area contributed by atoms with Gasteiger partial charge in [-0.05, 0) is 42.7 Å². The molecule has 1 fully saturated rings. The summed E-state index contributed by atoms with van der Waals surface area (Å²) in [6.07, 6.45) is 2.77. The summed E-state index contributed by atoms with van der Waals surface area (Å²) in [5.41, 5.74) is 1.73. The van der Waals surface area contributed by atoms with Crippen LogP contribution in [0.5, 0.6) is 0 Å². The van der Waals surface area contributed by atoms with E-state index in [1.807, 2.05) is 18.2 Å². The van der Waals surface area contributed by atoms with Gasteiger partial charge in [-0.15, -0.1) is 0 Å². The minimum Gasteiger partial charge on any atom is -0.476 e. The van der Waals surface area contributed by atoms with Crippen LogP contribution in [0.4, 0.5) is 4.39 Å². The summed E-state index contributed by atoms with van der Waals surface area (Å²) in [7, 11) is 0. The van der Waals surface area contributed by atoms with Crippen LogP contribution >= 0.6 is 0 Å². The van der Waals surface area contributed by atoms with E-state index in [0.29, 0.717) is 24.3 Å². The van der Waals surface area contributed by atoms with E-state index in [1.54, 1.807) is 0 Å². The Labute approximate surface area is 99.8 Å². The average Bonchev–Trinajstić information content (AvgIpc) is 2.39. The third-order valence-corrected chi connectivity index (χ3v) is 3.36. The molecular weight excluding hydrogens is 219 g/mol. The lowest BCUT2D eigenvalue weighted by Gasteiger charge is -2.24. The van der Waals surface area contributed by atoms with Crippen molar-refractivity contribution in [3.63, 3.8) is 0 Å². The summed E-state index contributed by atoms with van der Waals surface area (Å²) >= 11 is 0. The molecule has 2 rings (SSSR count). The molecule has 90 valence electrons. The monoisotopic (exact) mass is 234 g/mol. The molecule has 1 aromatic rings. The first kappa shape index (κ1) is 11.8. The van der Waals surface area contributed by atoms with E-state index >= 15 is 0 Å². The Morgan fingerprint density at radius 2 is 1.76 bits per heavy atom. The van der Waals surface area contributed by atoms with Gasteiger partial charge in [0.2, 0.25) is 5.83 Å². The van der Waals surface area contributed by atoms with Crippen LogP contribution < -0.4 is 0 Å². The van der Waals surface area contributed by atoms with E-state index in [2.05, 4.69) is 12.1 Å². The summed E-state index contributed by atoms with van der Waals surface area (Å²) in [6.45, 7) is 0. The van der Waals surface area contributed by atoms with Gasteiger partial charge in [-0.25, -0.2) is 4.79 Å². The zero-order chi connectivity index (χ0) is 12.3. The van der Waals surface area contributed by atoms with Crippen LogP contribution in [0.3, 0.4) is 0 Å². The highest BCUT2D eigenvalue weighted by molar-refractivity contribution is 5.84. The zero-order valence-electron chi connectivity index (χ0n) is 9.53. The second-order valence-corrected chi connectivity index (χ2v) is 4.41. The summed E-state index contributed by atoms with van der Waals surface area (Å²) in [5.74, 6) is -1.95. The maximum atomic E-state index is 13.2. The lowest BCUT2D eigenvalue weighted by molar-refractivity contribution is -0.134. The molecule has 0 bridgehead atoms. The molecule has 1 aliphatic carbocycles. The van der Waals surface area contributed by atoms with E-state index in [4.69, 9.17) is 5.11 Å². The molecule has 2 nitrogen and oxygen atoms in total. The molecule has 0 amide bonds. The minimum atomic E-state index is -1.43. The number of carboxylic acids is 1. The summed E-state index contributed by atoms with van der Waals surface area (Å²) < 4.78 is 13.2. The van der Waals surface area contributed by atoms with Crippen molar-refractivity contribution in [3.8, 4) is 0 Å². The van der Waals surface area contributed by atoms with Crippen molar-refractivity contribution in [2.75, 3.05) is 0 Å². The molecule has 0 aliphatic heterocycles. The summed E-state index contributed by atoms with van der Waals surface area (Å²) in [4.78, 5) is 10.5. The van der Waals surface area contributed by atoms with Crippen LogP contribution in [0.1, 0.15) is 37.2 Å². The Balaban J connectivity index is 2.04. The first-order valence-corrected chi connectivity index (χ1v) is 5.84. The molecule has 1 N–H and O–H groups in total. The van der Waals surface area contributed by atoms with Crippen molar-refractivity contribution >= 4 is 5.97 Å². The minimum absolute atomic E-state index is 0.432. The molecule has 0 spiro atoms. The fourth-order valence-electron chi connectivity index (χ4n) is 2.40. The van der Waals surface area contributed by atoms with Gasteiger partial charge < -0.3 is 5.11 Å². The van der Waals surface area contributed by atoms with Gasteiger partial charge in [-0.3, -0.25) is 0 Å². The molecule has 3 heteroatoms. The highest BCUT2D eigenvalue weighted by Crippen LogP contribution is 2.36.